The molecule has 1 aliphatic rings. The van der Waals surface area contributed by atoms with Gasteiger partial charge in [0.2, 0.25) is 17.8 Å². The normalized spacial score (nSPS) is 14.6. The van der Waals surface area contributed by atoms with Crippen LogP contribution in [0.4, 0.5) is 11.6 Å². The van der Waals surface area contributed by atoms with Gasteiger partial charge in [0.15, 0.2) is 0 Å². The highest BCUT2D eigenvalue weighted by Crippen LogP contribution is 2.14. The van der Waals surface area contributed by atoms with Gasteiger partial charge in [-0.3, -0.25) is 9.59 Å². The number of nitrogens with two attached hydrogens (primary N) is 1. The highest BCUT2D eigenvalue weighted by atomic mass is 35.5. The lowest BCUT2D eigenvalue weighted by Gasteiger charge is -2.34. The molecule has 3 N–H and O–H groups in total. The molecule has 1 unspecified atom stereocenters. The molecule has 2 heterocycles. The summed E-state index contributed by atoms with van der Waals surface area (Å²) in [6.45, 7) is 4.74. The monoisotopic (exact) mass is 432 g/mol. The molecule has 1 fully saturated rings. The third-order valence-electron chi connectivity index (χ3n) is 4.98. The van der Waals surface area contributed by atoms with E-state index in [1.54, 1.807) is 18.5 Å². The third kappa shape index (κ3) is 6.40. The lowest BCUT2D eigenvalue weighted by atomic mass is 10.1. The lowest BCUT2D eigenvalue weighted by molar-refractivity contribution is -0.130. The van der Waals surface area contributed by atoms with Crippen molar-refractivity contribution >= 4 is 35.9 Å². The van der Waals surface area contributed by atoms with Crippen LogP contribution in [0.15, 0.2) is 42.7 Å². The number of aromatic nitrogens is 2. The van der Waals surface area contributed by atoms with Gasteiger partial charge < -0.3 is 20.9 Å². The van der Waals surface area contributed by atoms with E-state index in [-0.39, 0.29) is 24.2 Å². The van der Waals surface area contributed by atoms with Gasteiger partial charge in [-0.25, -0.2) is 9.97 Å². The van der Waals surface area contributed by atoms with E-state index in [4.69, 9.17) is 5.73 Å². The number of carbonyl (C=O) groups excluding carboxylic acids is 2. The SMILES string of the molecule is CCCC(N)C(=O)Nc1ccc(CC(=O)N2CCN(c3ncccn3)CC2)cc1.Cl. The number of hydrogen-bond acceptors (Lipinski definition) is 6. The highest BCUT2D eigenvalue weighted by Gasteiger charge is 2.22. The van der Waals surface area contributed by atoms with Gasteiger partial charge in [0.05, 0.1) is 12.5 Å². The first kappa shape index (κ1) is 23.6. The van der Waals surface area contributed by atoms with Crippen LogP contribution in [-0.4, -0.2) is 58.9 Å². The predicted molar refractivity (Wildman–Crippen MR) is 120 cm³/mol. The molecular formula is C21H29ClN6O2. The Hall–Kier alpha value is -2.71. The maximum Gasteiger partial charge on any atom is 0.241 e. The second kappa shape index (κ2) is 11.5. The summed E-state index contributed by atoms with van der Waals surface area (Å²) in [5.41, 5.74) is 7.43. The summed E-state index contributed by atoms with van der Waals surface area (Å²) in [5, 5.41) is 2.81. The van der Waals surface area contributed by atoms with E-state index in [1.807, 2.05) is 36.1 Å². The summed E-state index contributed by atoms with van der Waals surface area (Å²) >= 11 is 0. The Labute approximate surface area is 183 Å². The van der Waals surface area contributed by atoms with Crippen LogP contribution in [-0.2, 0) is 16.0 Å². The Bertz CT molecular complexity index is 810. The standard InChI is InChI=1S/C21H28N6O2.ClH/c1-2-4-18(22)20(29)25-17-7-5-16(6-8-17)15-19(28)26-11-13-27(14-12-26)21-23-9-3-10-24-21;/h3,5-10,18H,2,4,11-15,22H2,1H3,(H,25,29);1H. The quantitative estimate of drug-likeness (QED) is 0.691. The van der Waals surface area contributed by atoms with Gasteiger partial charge in [-0.1, -0.05) is 25.5 Å². The van der Waals surface area contributed by atoms with E-state index in [0.717, 1.165) is 25.1 Å². The Balaban J connectivity index is 0.00000320. The van der Waals surface area contributed by atoms with Crippen molar-refractivity contribution in [3.8, 4) is 0 Å². The lowest BCUT2D eigenvalue weighted by Crippen LogP contribution is -2.49. The molecule has 162 valence electrons. The van der Waals surface area contributed by atoms with Gasteiger partial charge in [0, 0.05) is 44.3 Å². The van der Waals surface area contributed by atoms with Crippen molar-refractivity contribution in [2.24, 2.45) is 5.73 Å². The van der Waals surface area contributed by atoms with Crippen molar-refractivity contribution in [3.05, 3.63) is 48.3 Å². The van der Waals surface area contributed by atoms with Gasteiger partial charge in [-0.15, -0.1) is 12.4 Å². The molecule has 8 nitrogen and oxygen atoms in total. The van der Waals surface area contributed by atoms with Crippen molar-refractivity contribution in [3.63, 3.8) is 0 Å². The molecule has 3 rings (SSSR count). The molecule has 0 radical (unpaired) electrons. The van der Waals surface area contributed by atoms with E-state index in [2.05, 4.69) is 20.2 Å². The first-order chi connectivity index (χ1) is 14.1. The van der Waals surface area contributed by atoms with Crippen LogP contribution in [0.25, 0.3) is 0 Å². The summed E-state index contributed by atoms with van der Waals surface area (Å²) in [7, 11) is 0. The van der Waals surface area contributed by atoms with E-state index >= 15 is 0 Å². The Morgan fingerprint density at radius 3 is 2.33 bits per heavy atom. The average Bonchev–Trinajstić information content (AvgIpc) is 2.76. The number of anilines is 2. The fourth-order valence-electron chi connectivity index (χ4n) is 3.28. The summed E-state index contributed by atoms with van der Waals surface area (Å²) in [4.78, 5) is 37.1. The zero-order valence-electron chi connectivity index (χ0n) is 17.2. The molecule has 0 saturated carbocycles. The first-order valence-electron chi connectivity index (χ1n) is 10.0. The van der Waals surface area contributed by atoms with Gasteiger partial charge in [-0.2, -0.15) is 0 Å². The largest absolute Gasteiger partial charge is 0.339 e. The number of nitrogens with zero attached hydrogens (tertiary/aromatic N) is 4. The Morgan fingerprint density at radius 2 is 1.73 bits per heavy atom. The van der Waals surface area contributed by atoms with Crippen molar-refractivity contribution in [1.82, 2.24) is 14.9 Å². The van der Waals surface area contributed by atoms with Crippen LogP contribution in [0.5, 0.6) is 0 Å². The van der Waals surface area contributed by atoms with Crippen LogP contribution in [0, 0.1) is 0 Å². The number of benzene rings is 1. The fourth-order valence-corrected chi connectivity index (χ4v) is 3.28. The number of rotatable bonds is 7. The highest BCUT2D eigenvalue weighted by molar-refractivity contribution is 5.94. The molecule has 0 bridgehead atoms. The number of halogens is 1. The second-order valence-corrected chi connectivity index (χ2v) is 7.17. The summed E-state index contributed by atoms with van der Waals surface area (Å²) in [6.07, 6.45) is 5.31. The number of amides is 2. The van der Waals surface area contributed by atoms with Gasteiger partial charge >= 0.3 is 0 Å². The minimum absolute atomic E-state index is 0. The number of hydrogen-bond donors (Lipinski definition) is 2. The van der Waals surface area contributed by atoms with E-state index in [0.29, 0.717) is 37.6 Å². The Kier molecular flexibility index (Phi) is 9.01. The average molecular weight is 433 g/mol. The molecule has 9 heteroatoms. The van der Waals surface area contributed by atoms with Crippen molar-refractivity contribution < 1.29 is 9.59 Å². The van der Waals surface area contributed by atoms with Crippen LogP contribution < -0.4 is 16.0 Å². The molecule has 2 amide bonds. The maximum absolute atomic E-state index is 12.6. The predicted octanol–water partition coefficient (Wildman–Crippen LogP) is 1.86. The molecule has 0 spiro atoms. The molecule has 1 atom stereocenters. The topological polar surface area (TPSA) is 104 Å². The molecule has 30 heavy (non-hydrogen) atoms. The van der Waals surface area contributed by atoms with Gasteiger partial charge in [-0.05, 0) is 30.2 Å². The summed E-state index contributed by atoms with van der Waals surface area (Å²) in [5.74, 6) is 0.618. The molecule has 1 saturated heterocycles. The van der Waals surface area contributed by atoms with Crippen molar-refractivity contribution in [1.29, 1.82) is 0 Å². The number of carbonyl (C=O) groups is 2. The minimum Gasteiger partial charge on any atom is -0.339 e. The maximum atomic E-state index is 12.6. The number of piperazine rings is 1. The van der Waals surface area contributed by atoms with Crippen molar-refractivity contribution in [2.75, 3.05) is 36.4 Å². The smallest absolute Gasteiger partial charge is 0.241 e. The molecule has 1 aromatic carbocycles. The summed E-state index contributed by atoms with van der Waals surface area (Å²) in [6, 6.07) is 8.65. The van der Waals surface area contributed by atoms with E-state index < -0.39 is 6.04 Å². The second-order valence-electron chi connectivity index (χ2n) is 7.17. The Morgan fingerprint density at radius 1 is 1.10 bits per heavy atom. The van der Waals surface area contributed by atoms with E-state index in [1.165, 1.54) is 0 Å². The molecule has 2 aromatic rings. The fraction of sp³-hybridized carbons (Fsp3) is 0.429. The summed E-state index contributed by atoms with van der Waals surface area (Å²) < 4.78 is 0. The molecular weight excluding hydrogens is 404 g/mol. The van der Waals surface area contributed by atoms with Gasteiger partial charge in [0.1, 0.15) is 0 Å². The zero-order valence-corrected chi connectivity index (χ0v) is 18.0. The molecule has 0 aliphatic carbocycles. The van der Waals surface area contributed by atoms with Crippen LogP contribution in [0.3, 0.4) is 0 Å². The van der Waals surface area contributed by atoms with Crippen LogP contribution >= 0.6 is 12.4 Å². The first-order valence-corrected chi connectivity index (χ1v) is 10.0. The van der Waals surface area contributed by atoms with Gasteiger partial charge in [0.25, 0.3) is 0 Å². The van der Waals surface area contributed by atoms with Crippen LogP contribution in [0.2, 0.25) is 0 Å². The third-order valence-corrected chi connectivity index (χ3v) is 4.98. The molecule has 1 aromatic heterocycles. The molecule has 1 aliphatic heterocycles. The zero-order chi connectivity index (χ0) is 20.6. The number of nitrogens with one attached hydrogen (secondary N) is 1. The van der Waals surface area contributed by atoms with Crippen LogP contribution in [0.1, 0.15) is 25.3 Å². The minimum atomic E-state index is -0.499. The van der Waals surface area contributed by atoms with E-state index in [9.17, 15) is 9.59 Å². The van der Waals surface area contributed by atoms with Crippen molar-refractivity contribution in [2.45, 2.75) is 32.2 Å².